The molecule has 0 atom stereocenters. The normalized spacial score (nSPS) is 10.8. The van der Waals surface area contributed by atoms with Crippen molar-refractivity contribution in [2.24, 2.45) is 0 Å². The minimum Gasteiger partial charge on any atom is -0.319 e. The Kier molecular flexibility index (Phi) is 4.70. The Morgan fingerprint density at radius 3 is 2.69 bits per heavy atom. The molecule has 0 bridgehead atoms. The lowest BCUT2D eigenvalue weighted by Gasteiger charge is -2.07. The van der Waals surface area contributed by atoms with Gasteiger partial charge in [-0.2, -0.15) is 5.10 Å². The molecular weight excluding hydrogens is 377 g/mol. The molecule has 9 heteroatoms. The third-order valence-electron chi connectivity index (χ3n) is 4.32. The third-order valence-corrected chi connectivity index (χ3v) is 4.32. The summed E-state index contributed by atoms with van der Waals surface area (Å²) >= 11 is 0. The molecule has 8 nitrogen and oxygen atoms in total. The molecule has 2 aromatic carbocycles. The predicted molar refractivity (Wildman–Crippen MR) is 104 cm³/mol. The van der Waals surface area contributed by atoms with Crippen LogP contribution in [0.1, 0.15) is 15.9 Å². The zero-order valence-electron chi connectivity index (χ0n) is 14.9. The number of pyridine rings is 1. The molecule has 1 amide bonds. The molecule has 2 heterocycles. The number of non-ortho nitro benzene ring substituents is 1. The molecule has 0 saturated carbocycles. The zero-order chi connectivity index (χ0) is 20.4. The Morgan fingerprint density at radius 2 is 1.93 bits per heavy atom. The van der Waals surface area contributed by atoms with Crippen molar-refractivity contribution < 1.29 is 14.1 Å². The number of carbonyl (C=O) groups excluding carboxylic acids is 1. The van der Waals surface area contributed by atoms with Gasteiger partial charge >= 0.3 is 0 Å². The van der Waals surface area contributed by atoms with Crippen LogP contribution in [0.4, 0.5) is 15.8 Å². The molecule has 4 aromatic rings. The van der Waals surface area contributed by atoms with Gasteiger partial charge in [-0.15, -0.1) is 0 Å². The first-order valence-corrected chi connectivity index (χ1v) is 8.62. The van der Waals surface area contributed by atoms with E-state index in [4.69, 9.17) is 0 Å². The van der Waals surface area contributed by atoms with Crippen molar-refractivity contribution in [3.8, 4) is 0 Å². The minimum atomic E-state index is -0.770. The highest BCUT2D eigenvalue weighted by Crippen LogP contribution is 2.22. The number of carbonyl (C=O) groups is 1. The first-order chi connectivity index (χ1) is 14.0. The largest absolute Gasteiger partial charge is 0.319 e. The summed E-state index contributed by atoms with van der Waals surface area (Å²) in [6, 6.07) is 14.3. The number of hydrogen-bond donors (Lipinski definition) is 1. The van der Waals surface area contributed by atoms with Gasteiger partial charge in [0.25, 0.3) is 11.6 Å². The van der Waals surface area contributed by atoms with E-state index in [-0.39, 0.29) is 16.9 Å². The first kappa shape index (κ1) is 18.2. The van der Waals surface area contributed by atoms with Gasteiger partial charge < -0.3 is 5.32 Å². The van der Waals surface area contributed by atoms with Crippen LogP contribution in [0.2, 0.25) is 0 Å². The van der Waals surface area contributed by atoms with Gasteiger partial charge in [0, 0.05) is 23.7 Å². The predicted octanol–water partition coefficient (Wildman–Crippen LogP) is 3.78. The number of nitro groups is 1. The summed E-state index contributed by atoms with van der Waals surface area (Å²) in [5.41, 5.74) is 1.25. The number of nitrogens with zero attached hydrogens (tertiary/aromatic N) is 4. The van der Waals surface area contributed by atoms with Gasteiger partial charge in [-0.25, -0.2) is 14.1 Å². The van der Waals surface area contributed by atoms with Crippen LogP contribution in [0, 0.1) is 15.9 Å². The molecule has 0 aliphatic rings. The zero-order valence-corrected chi connectivity index (χ0v) is 14.9. The van der Waals surface area contributed by atoms with Gasteiger partial charge in [0.15, 0.2) is 5.65 Å². The summed E-state index contributed by atoms with van der Waals surface area (Å²) in [4.78, 5) is 27.0. The van der Waals surface area contributed by atoms with Crippen LogP contribution in [0.25, 0.3) is 11.0 Å². The number of rotatable bonds is 5. The van der Waals surface area contributed by atoms with E-state index in [1.807, 2.05) is 30.3 Å². The molecule has 0 aliphatic heterocycles. The average Bonchev–Trinajstić information content (AvgIpc) is 3.12. The number of halogens is 1. The van der Waals surface area contributed by atoms with Gasteiger partial charge in [0.05, 0.1) is 28.9 Å². The minimum absolute atomic E-state index is 0.183. The van der Waals surface area contributed by atoms with E-state index >= 15 is 0 Å². The maximum absolute atomic E-state index is 13.9. The molecule has 144 valence electrons. The van der Waals surface area contributed by atoms with Crippen LogP contribution in [0.15, 0.2) is 67.0 Å². The number of fused-ring (bicyclic) bond motifs is 1. The van der Waals surface area contributed by atoms with Gasteiger partial charge in [-0.05, 0) is 17.7 Å². The third kappa shape index (κ3) is 3.79. The van der Waals surface area contributed by atoms with Crippen molar-refractivity contribution in [3.63, 3.8) is 0 Å². The van der Waals surface area contributed by atoms with Crippen molar-refractivity contribution in [1.82, 2.24) is 14.8 Å². The smallest absolute Gasteiger partial charge is 0.271 e. The fourth-order valence-electron chi connectivity index (χ4n) is 2.89. The maximum atomic E-state index is 13.9. The molecule has 4 rings (SSSR count). The van der Waals surface area contributed by atoms with Crippen molar-refractivity contribution in [1.29, 1.82) is 0 Å². The van der Waals surface area contributed by atoms with Crippen LogP contribution in [0.5, 0.6) is 0 Å². The number of nitro benzene ring substituents is 1. The van der Waals surface area contributed by atoms with Crippen molar-refractivity contribution in [3.05, 3.63) is 94.0 Å². The average molecular weight is 391 g/mol. The van der Waals surface area contributed by atoms with Gasteiger partial charge in [0.1, 0.15) is 5.82 Å². The van der Waals surface area contributed by atoms with E-state index < -0.39 is 16.6 Å². The standard InChI is InChI=1S/C20H14FN5O3/c21-17-7-6-16(26(28)29)9-18(17)24-20(27)15-8-14-11-23-25(19(14)22-10-15)12-13-4-2-1-3-5-13/h1-11H,12H2,(H,24,27). The quantitative estimate of drug-likeness (QED) is 0.412. The lowest BCUT2D eigenvalue weighted by atomic mass is 10.2. The molecular formula is C20H14FN5O3. The number of nitrogens with one attached hydrogen (secondary N) is 1. The second-order valence-electron chi connectivity index (χ2n) is 6.30. The molecule has 0 fully saturated rings. The van der Waals surface area contributed by atoms with Crippen LogP contribution in [0.3, 0.4) is 0 Å². The summed E-state index contributed by atoms with van der Waals surface area (Å²) in [5.74, 6) is -1.40. The van der Waals surface area contributed by atoms with E-state index in [2.05, 4.69) is 15.4 Å². The van der Waals surface area contributed by atoms with E-state index in [1.54, 1.807) is 16.9 Å². The fourth-order valence-corrected chi connectivity index (χ4v) is 2.89. The molecule has 29 heavy (non-hydrogen) atoms. The van der Waals surface area contributed by atoms with E-state index in [9.17, 15) is 19.3 Å². The molecule has 1 N–H and O–H groups in total. The maximum Gasteiger partial charge on any atom is 0.271 e. The Morgan fingerprint density at radius 1 is 1.14 bits per heavy atom. The lowest BCUT2D eigenvalue weighted by molar-refractivity contribution is -0.384. The van der Waals surface area contributed by atoms with Crippen LogP contribution < -0.4 is 5.32 Å². The molecule has 0 aliphatic carbocycles. The summed E-state index contributed by atoms with van der Waals surface area (Å²) < 4.78 is 15.6. The van der Waals surface area contributed by atoms with E-state index in [0.29, 0.717) is 17.6 Å². The number of benzene rings is 2. The number of anilines is 1. The highest BCUT2D eigenvalue weighted by Gasteiger charge is 2.15. The number of aromatic nitrogens is 3. The van der Waals surface area contributed by atoms with Crippen LogP contribution in [-0.4, -0.2) is 25.6 Å². The second-order valence-corrected chi connectivity index (χ2v) is 6.30. The highest BCUT2D eigenvalue weighted by molar-refractivity contribution is 6.05. The van der Waals surface area contributed by atoms with Gasteiger partial charge in [-0.3, -0.25) is 14.9 Å². The lowest BCUT2D eigenvalue weighted by Crippen LogP contribution is -2.13. The van der Waals surface area contributed by atoms with E-state index in [1.165, 1.54) is 6.20 Å². The van der Waals surface area contributed by atoms with E-state index in [0.717, 1.165) is 23.8 Å². The molecule has 2 aromatic heterocycles. The SMILES string of the molecule is O=C(Nc1cc([N+](=O)[O-])ccc1F)c1cnc2c(cnn2Cc2ccccc2)c1. The topological polar surface area (TPSA) is 103 Å². The summed E-state index contributed by atoms with van der Waals surface area (Å²) in [7, 11) is 0. The monoisotopic (exact) mass is 391 g/mol. The summed E-state index contributed by atoms with van der Waals surface area (Å²) in [6.45, 7) is 0.530. The highest BCUT2D eigenvalue weighted by atomic mass is 19.1. The van der Waals surface area contributed by atoms with Crippen molar-refractivity contribution >= 4 is 28.3 Å². The van der Waals surface area contributed by atoms with Crippen molar-refractivity contribution in [2.45, 2.75) is 6.54 Å². The Hall–Kier alpha value is -4.14. The van der Waals surface area contributed by atoms with Crippen LogP contribution in [-0.2, 0) is 6.54 Å². The van der Waals surface area contributed by atoms with Crippen molar-refractivity contribution in [2.75, 3.05) is 5.32 Å². The number of amides is 1. The number of hydrogen-bond acceptors (Lipinski definition) is 5. The first-order valence-electron chi connectivity index (χ1n) is 8.62. The van der Waals surface area contributed by atoms with Crippen LogP contribution >= 0.6 is 0 Å². The molecule has 0 radical (unpaired) electrons. The molecule has 0 unspecified atom stereocenters. The molecule has 0 saturated heterocycles. The van der Waals surface area contributed by atoms with Gasteiger partial charge in [0.2, 0.25) is 0 Å². The summed E-state index contributed by atoms with van der Waals surface area (Å²) in [5, 5.41) is 18.2. The fraction of sp³-hybridized carbons (Fsp3) is 0.0500. The Balaban J connectivity index is 1.58. The Labute approximate surface area is 163 Å². The second kappa shape index (κ2) is 7.47. The molecule has 0 spiro atoms. The van der Waals surface area contributed by atoms with Gasteiger partial charge in [-0.1, -0.05) is 30.3 Å². The summed E-state index contributed by atoms with van der Waals surface area (Å²) in [6.07, 6.45) is 2.95. The Bertz CT molecular complexity index is 1220.